The molecule has 0 atom stereocenters. The van der Waals surface area contributed by atoms with Gasteiger partial charge in [0.2, 0.25) is 10.0 Å². The molecule has 0 aliphatic rings. The Morgan fingerprint density at radius 3 is 2.79 bits per heavy atom. The highest BCUT2D eigenvalue weighted by molar-refractivity contribution is 7.89. The van der Waals surface area contributed by atoms with E-state index >= 15 is 0 Å². The van der Waals surface area contributed by atoms with Crippen molar-refractivity contribution in [2.75, 3.05) is 0 Å². The molecule has 0 fully saturated rings. The van der Waals surface area contributed by atoms with Gasteiger partial charge in [-0.25, -0.2) is 13.1 Å². The predicted octanol–water partition coefficient (Wildman–Crippen LogP) is 1.42. The van der Waals surface area contributed by atoms with Crippen molar-refractivity contribution in [1.29, 1.82) is 0 Å². The molecular formula is C12H14N2O3S2. The Balaban J connectivity index is 2.12. The number of aliphatic hydroxyl groups excluding tert-OH is 1. The van der Waals surface area contributed by atoms with Crippen molar-refractivity contribution in [3.05, 3.63) is 45.9 Å². The summed E-state index contributed by atoms with van der Waals surface area (Å²) in [4.78, 5) is 4.68. The van der Waals surface area contributed by atoms with Gasteiger partial charge in [-0.05, 0) is 30.0 Å². The summed E-state index contributed by atoms with van der Waals surface area (Å²) in [5, 5.41) is 10.7. The van der Waals surface area contributed by atoms with Gasteiger partial charge in [0.1, 0.15) is 0 Å². The lowest BCUT2D eigenvalue weighted by Gasteiger charge is -2.07. The van der Waals surface area contributed by atoms with E-state index in [2.05, 4.69) is 9.71 Å². The van der Waals surface area contributed by atoms with E-state index in [1.165, 1.54) is 17.4 Å². The Labute approximate surface area is 116 Å². The molecule has 0 radical (unpaired) electrons. The molecular weight excluding hydrogens is 284 g/mol. The van der Waals surface area contributed by atoms with Gasteiger partial charge in [0.05, 0.1) is 11.5 Å². The summed E-state index contributed by atoms with van der Waals surface area (Å²) >= 11 is 1.22. The van der Waals surface area contributed by atoms with Crippen LogP contribution >= 0.6 is 11.3 Å². The van der Waals surface area contributed by atoms with Crippen molar-refractivity contribution < 1.29 is 13.5 Å². The normalized spacial score (nSPS) is 11.7. The Morgan fingerprint density at radius 1 is 1.37 bits per heavy atom. The third-order valence-electron chi connectivity index (χ3n) is 2.58. The predicted molar refractivity (Wildman–Crippen MR) is 73.2 cm³/mol. The zero-order valence-corrected chi connectivity index (χ0v) is 12.0. The van der Waals surface area contributed by atoms with Crippen LogP contribution in [0.3, 0.4) is 0 Å². The highest BCUT2D eigenvalue weighted by Crippen LogP contribution is 2.21. The van der Waals surface area contributed by atoms with Gasteiger partial charge in [-0.2, -0.15) is 0 Å². The lowest BCUT2D eigenvalue weighted by atomic mass is 10.2. The molecule has 0 aromatic carbocycles. The highest BCUT2D eigenvalue weighted by Gasteiger charge is 2.18. The summed E-state index contributed by atoms with van der Waals surface area (Å²) in [6, 6.07) is 5.14. The van der Waals surface area contributed by atoms with Crippen molar-refractivity contribution in [3.8, 4) is 0 Å². The van der Waals surface area contributed by atoms with Gasteiger partial charge in [0.25, 0.3) is 0 Å². The number of nitrogens with one attached hydrogen (secondary N) is 1. The molecule has 0 unspecified atom stereocenters. The molecule has 5 nitrogen and oxygen atoms in total. The van der Waals surface area contributed by atoms with Gasteiger partial charge in [-0.3, -0.25) is 4.98 Å². The maximum atomic E-state index is 12.1. The zero-order valence-electron chi connectivity index (χ0n) is 10.3. The molecule has 0 spiro atoms. The molecule has 0 aliphatic heterocycles. The van der Waals surface area contributed by atoms with Crippen molar-refractivity contribution in [3.63, 3.8) is 0 Å². The number of nitrogens with zero attached hydrogens (tertiary/aromatic N) is 1. The van der Waals surface area contributed by atoms with Gasteiger partial charge in [0.15, 0.2) is 0 Å². The minimum absolute atomic E-state index is 0.139. The van der Waals surface area contributed by atoms with Crippen molar-refractivity contribution in [1.82, 2.24) is 9.71 Å². The first-order valence-electron chi connectivity index (χ1n) is 5.61. The highest BCUT2D eigenvalue weighted by atomic mass is 32.2. The number of hydrogen-bond acceptors (Lipinski definition) is 5. The van der Waals surface area contributed by atoms with Crippen molar-refractivity contribution in [2.24, 2.45) is 0 Å². The van der Waals surface area contributed by atoms with Crippen LogP contribution in [0.2, 0.25) is 0 Å². The molecule has 2 rings (SSSR count). The van der Waals surface area contributed by atoms with Crippen LogP contribution in [-0.2, 0) is 23.2 Å². The first-order chi connectivity index (χ1) is 9.03. The number of rotatable bonds is 5. The SMILES string of the molecule is Cc1ccc(CNS(=O)(=O)c2ccsc2CO)cn1. The van der Waals surface area contributed by atoms with E-state index in [0.717, 1.165) is 11.3 Å². The van der Waals surface area contributed by atoms with Crippen LogP contribution in [0.5, 0.6) is 0 Å². The second-order valence-electron chi connectivity index (χ2n) is 4.00. The topological polar surface area (TPSA) is 79.3 Å². The Bertz CT molecular complexity index is 648. The number of thiophene rings is 1. The molecule has 19 heavy (non-hydrogen) atoms. The zero-order chi connectivity index (χ0) is 13.9. The smallest absolute Gasteiger partial charge is 0.242 e. The number of aryl methyl sites for hydroxylation is 1. The summed E-state index contributed by atoms with van der Waals surface area (Å²) in [6.07, 6.45) is 1.64. The second-order valence-corrected chi connectivity index (χ2v) is 6.73. The summed E-state index contributed by atoms with van der Waals surface area (Å²) < 4.78 is 26.7. The van der Waals surface area contributed by atoms with Gasteiger partial charge in [-0.15, -0.1) is 11.3 Å². The fraction of sp³-hybridized carbons (Fsp3) is 0.250. The molecule has 2 aromatic rings. The Hall–Kier alpha value is -1.28. The van der Waals surface area contributed by atoms with Gasteiger partial charge >= 0.3 is 0 Å². The quantitative estimate of drug-likeness (QED) is 0.875. The minimum Gasteiger partial charge on any atom is -0.391 e. The van der Waals surface area contributed by atoms with Crippen LogP contribution in [0.25, 0.3) is 0 Å². The summed E-state index contributed by atoms with van der Waals surface area (Å²) in [5.41, 5.74) is 1.67. The van der Waals surface area contributed by atoms with Crippen LogP contribution in [-0.4, -0.2) is 18.5 Å². The van der Waals surface area contributed by atoms with Crippen molar-refractivity contribution >= 4 is 21.4 Å². The molecule has 2 N–H and O–H groups in total. The van der Waals surface area contributed by atoms with E-state index in [1.807, 2.05) is 19.1 Å². The molecule has 0 bridgehead atoms. The Kier molecular flexibility index (Phi) is 4.31. The molecule has 7 heteroatoms. The van der Waals surface area contributed by atoms with Crippen LogP contribution in [0.15, 0.2) is 34.7 Å². The number of aliphatic hydroxyl groups is 1. The molecule has 0 amide bonds. The average molecular weight is 298 g/mol. The lowest BCUT2D eigenvalue weighted by Crippen LogP contribution is -2.23. The molecule has 102 valence electrons. The standard InChI is InChI=1S/C12H14N2O3S2/c1-9-2-3-10(6-13-9)7-14-19(16,17)12-4-5-18-11(12)8-15/h2-6,14-15H,7-8H2,1H3. The fourth-order valence-electron chi connectivity index (χ4n) is 1.54. The van der Waals surface area contributed by atoms with Crippen molar-refractivity contribution in [2.45, 2.75) is 25.0 Å². The van der Waals surface area contributed by atoms with Crippen LogP contribution in [0, 0.1) is 6.92 Å². The third kappa shape index (κ3) is 3.38. The molecule has 0 saturated carbocycles. The largest absolute Gasteiger partial charge is 0.391 e. The van der Waals surface area contributed by atoms with E-state index in [0.29, 0.717) is 4.88 Å². The number of pyridine rings is 1. The van der Waals surface area contributed by atoms with E-state index in [-0.39, 0.29) is 18.0 Å². The van der Waals surface area contributed by atoms with Crippen LogP contribution in [0.1, 0.15) is 16.1 Å². The van der Waals surface area contributed by atoms with Gasteiger partial charge < -0.3 is 5.11 Å². The number of sulfonamides is 1. The van der Waals surface area contributed by atoms with E-state index in [9.17, 15) is 8.42 Å². The van der Waals surface area contributed by atoms with E-state index < -0.39 is 10.0 Å². The van der Waals surface area contributed by atoms with Crippen LogP contribution < -0.4 is 4.72 Å². The van der Waals surface area contributed by atoms with Gasteiger partial charge in [-0.1, -0.05) is 6.07 Å². The number of aromatic nitrogens is 1. The molecule has 2 aromatic heterocycles. The van der Waals surface area contributed by atoms with E-state index in [4.69, 9.17) is 5.11 Å². The molecule has 0 aliphatic carbocycles. The summed E-state index contributed by atoms with van der Waals surface area (Å²) in [5.74, 6) is 0. The summed E-state index contributed by atoms with van der Waals surface area (Å²) in [6.45, 7) is 1.77. The van der Waals surface area contributed by atoms with Crippen LogP contribution in [0.4, 0.5) is 0 Å². The average Bonchev–Trinajstić information content (AvgIpc) is 2.87. The minimum atomic E-state index is -3.60. The maximum Gasteiger partial charge on any atom is 0.242 e. The first-order valence-corrected chi connectivity index (χ1v) is 7.97. The number of hydrogen-bond donors (Lipinski definition) is 2. The fourth-order valence-corrected chi connectivity index (χ4v) is 3.85. The third-order valence-corrected chi connectivity index (χ3v) is 5.10. The first kappa shape index (κ1) is 14.1. The molecule has 0 saturated heterocycles. The summed E-state index contributed by atoms with van der Waals surface area (Å²) in [7, 11) is -3.60. The lowest BCUT2D eigenvalue weighted by molar-refractivity contribution is 0.282. The van der Waals surface area contributed by atoms with Gasteiger partial charge in [0, 0.05) is 23.3 Å². The molecule has 2 heterocycles. The maximum absolute atomic E-state index is 12.1. The Morgan fingerprint density at radius 2 is 2.16 bits per heavy atom. The second kappa shape index (κ2) is 5.79. The van der Waals surface area contributed by atoms with E-state index in [1.54, 1.807) is 11.6 Å². The monoisotopic (exact) mass is 298 g/mol.